The second kappa shape index (κ2) is 6.25. The van der Waals surface area contributed by atoms with E-state index in [1.807, 2.05) is 6.92 Å². The summed E-state index contributed by atoms with van der Waals surface area (Å²) in [6.45, 7) is 8.90. The Hall–Kier alpha value is -4.70. The standard InChI is InChI=1S/C40H26O4/c1-14-12-39(3,36-35(14)40(36,37(41)42)38(43)44)13-21-11-20-9-17-5-4-16-8-19-10-18-6-7-22-15(2)23-29(21)28(20)33-26(17)25(16)32-27(19)24(18)30(22)31(23)34(32)33/h4-9,13-14,35-36H,2,10-12H2,1,3H3,(H,41,42)(H,43,44)/b21-13-. The van der Waals surface area contributed by atoms with E-state index in [2.05, 4.69) is 49.4 Å². The van der Waals surface area contributed by atoms with E-state index in [0.29, 0.717) is 0 Å². The lowest BCUT2D eigenvalue weighted by Crippen LogP contribution is -2.36. The molecule has 0 aliphatic heterocycles. The molecule has 2 fully saturated rings. The van der Waals surface area contributed by atoms with Crippen molar-refractivity contribution >= 4 is 99.5 Å². The highest BCUT2D eigenvalue weighted by Gasteiger charge is 2.83. The smallest absolute Gasteiger partial charge is 0.321 e. The summed E-state index contributed by atoms with van der Waals surface area (Å²) in [4.78, 5) is 25.1. The Morgan fingerprint density at radius 3 is 2.07 bits per heavy atom. The van der Waals surface area contributed by atoms with E-state index in [9.17, 15) is 19.8 Å². The highest BCUT2D eigenvalue weighted by molar-refractivity contribution is 6.54. The van der Waals surface area contributed by atoms with Crippen molar-refractivity contribution in [3.63, 3.8) is 0 Å². The van der Waals surface area contributed by atoms with E-state index in [-0.39, 0.29) is 11.8 Å². The number of carboxylic acids is 2. The maximum Gasteiger partial charge on any atom is 0.321 e. The third-order valence-corrected chi connectivity index (χ3v) is 13.1. The summed E-state index contributed by atoms with van der Waals surface area (Å²) in [6.07, 6.45) is 4.84. The molecule has 4 nitrogen and oxygen atoms in total. The highest BCUT2D eigenvalue weighted by Crippen LogP contribution is 2.77. The summed E-state index contributed by atoms with van der Waals surface area (Å²) in [5, 5.41) is 40.5. The van der Waals surface area contributed by atoms with Crippen LogP contribution in [0.3, 0.4) is 0 Å². The van der Waals surface area contributed by atoms with Gasteiger partial charge in [0.25, 0.3) is 0 Å². The molecule has 4 heteroatoms. The fraction of sp³-hybridized carbons (Fsp3) is 0.250. The molecule has 44 heavy (non-hydrogen) atoms. The molecule has 2 N–H and O–H groups in total. The number of benzene rings is 6. The molecular formula is C40H26O4. The fourth-order valence-corrected chi connectivity index (χ4v) is 12.1. The van der Waals surface area contributed by atoms with Gasteiger partial charge in [-0.05, 0) is 151 Å². The minimum absolute atomic E-state index is 0.0263. The average Bonchev–Trinajstić information content (AvgIpc) is 3.28. The Morgan fingerprint density at radius 1 is 0.773 bits per heavy atom. The van der Waals surface area contributed by atoms with Gasteiger partial charge in [-0.3, -0.25) is 9.59 Å². The van der Waals surface area contributed by atoms with Crippen LogP contribution in [0.25, 0.3) is 87.6 Å². The van der Waals surface area contributed by atoms with Crippen LogP contribution in [-0.2, 0) is 22.4 Å². The van der Waals surface area contributed by atoms with Gasteiger partial charge in [0, 0.05) is 0 Å². The van der Waals surface area contributed by atoms with Crippen molar-refractivity contribution in [1.29, 1.82) is 0 Å². The second-order valence-electron chi connectivity index (χ2n) is 15.0. The lowest BCUT2D eigenvalue weighted by atomic mass is 9.74. The monoisotopic (exact) mass is 570 g/mol. The molecule has 2 saturated carbocycles. The van der Waals surface area contributed by atoms with Crippen molar-refractivity contribution in [2.75, 3.05) is 0 Å². The maximum absolute atomic E-state index is 12.5. The van der Waals surface area contributed by atoms with Crippen LogP contribution in [0.1, 0.15) is 42.5 Å². The van der Waals surface area contributed by atoms with Crippen molar-refractivity contribution in [2.45, 2.75) is 33.1 Å². The lowest BCUT2D eigenvalue weighted by Gasteiger charge is -2.29. The minimum atomic E-state index is -1.70. The van der Waals surface area contributed by atoms with Gasteiger partial charge in [-0.1, -0.05) is 62.9 Å². The van der Waals surface area contributed by atoms with Gasteiger partial charge in [0.15, 0.2) is 5.41 Å². The second-order valence-corrected chi connectivity index (χ2v) is 15.0. The van der Waals surface area contributed by atoms with Crippen molar-refractivity contribution in [3.8, 4) is 0 Å². The molecule has 0 bridgehead atoms. The summed E-state index contributed by atoms with van der Waals surface area (Å²) < 4.78 is 0. The Labute approximate surface area is 250 Å². The molecule has 4 aliphatic rings. The van der Waals surface area contributed by atoms with E-state index < -0.39 is 28.7 Å². The molecule has 0 saturated heterocycles. The third kappa shape index (κ3) is 1.94. The lowest BCUT2D eigenvalue weighted by molar-refractivity contribution is -0.160. The van der Waals surface area contributed by atoms with Gasteiger partial charge in [0.2, 0.25) is 0 Å². The summed E-state index contributed by atoms with van der Waals surface area (Å²) in [5.41, 5.74) is 4.40. The maximum atomic E-state index is 12.5. The number of carbonyl (C=O) groups is 2. The molecule has 0 spiro atoms. The van der Waals surface area contributed by atoms with Gasteiger partial charge in [0.05, 0.1) is 0 Å². The SMILES string of the molecule is C=c1c2ccc3c4c5c(cc6ccc7cc8c9c(c1c(c24)c1c9c7c6c51)/C(=C\C1(C)CC(C)C2C1C2(C(=O)O)C(=O)O)C8)C3. The van der Waals surface area contributed by atoms with Crippen LogP contribution in [0.4, 0.5) is 0 Å². The molecular weight excluding hydrogens is 544 g/mol. The predicted molar refractivity (Wildman–Crippen MR) is 176 cm³/mol. The fourth-order valence-electron chi connectivity index (χ4n) is 12.1. The molecule has 8 aromatic carbocycles. The topological polar surface area (TPSA) is 74.6 Å². The van der Waals surface area contributed by atoms with Crippen LogP contribution < -0.4 is 5.22 Å². The van der Waals surface area contributed by atoms with Crippen molar-refractivity contribution in [3.05, 3.63) is 69.9 Å². The number of hydrogen-bond acceptors (Lipinski definition) is 2. The molecule has 4 aliphatic carbocycles. The zero-order chi connectivity index (χ0) is 29.5. The molecule has 0 heterocycles. The van der Waals surface area contributed by atoms with Crippen LogP contribution in [0.15, 0.2) is 42.5 Å². The third-order valence-electron chi connectivity index (χ3n) is 13.1. The predicted octanol–water partition coefficient (Wildman–Crippen LogP) is 7.93. The van der Waals surface area contributed by atoms with Gasteiger partial charge < -0.3 is 10.2 Å². The van der Waals surface area contributed by atoms with Gasteiger partial charge in [-0.25, -0.2) is 0 Å². The van der Waals surface area contributed by atoms with E-state index in [1.165, 1.54) is 103 Å². The molecule has 0 amide bonds. The van der Waals surface area contributed by atoms with Crippen molar-refractivity contribution in [1.82, 2.24) is 0 Å². The van der Waals surface area contributed by atoms with E-state index >= 15 is 0 Å². The molecule has 210 valence electrons. The van der Waals surface area contributed by atoms with Gasteiger partial charge in [0.1, 0.15) is 0 Å². The first-order chi connectivity index (χ1) is 21.2. The molecule has 4 atom stereocenters. The minimum Gasteiger partial charge on any atom is -0.480 e. The van der Waals surface area contributed by atoms with Crippen LogP contribution >= 0.6 is 0 Å². The highest BCUT2D eigenvalue weighted by atomic mass is 16.4. The van der Waals surface area contributed by atoms with Gasteiger partial charge in [-0.2, -0.15) is 0 Å². The number of rotatable bonds is 3. The van der Waals surface area contributed by atoms with E-state index in [4.69, 9.17) is 6.58 Å². The quantitative estimate of drug-likeness (QED) is 0.167. The molecule has 0 aromatic heterocycles. The Morgan fingerprint density at radius 2 is 1.39 bits per heavy atom. The zero-order valence-electron chi connectivity index (χ0n) is 24.3. The molecule has 0 radical (unpaired) electrons. The van der Waals surface area contributed by atoms with Gasteiger partial charge in [-0.15, -0.1) is 0 Å². The van der Waals surface area contributed by atoms with E-state index in [1.54, 1.807) is 0 Å². The summed E-state index contributed by atoms with van der Waals surface area (Å²) in [7, 11) is 0. The Balaban J connectivity index is 1.28. The van der Waals surface area contributed by atoms with Crippen LogP contribution in [-0.4, -0.2) is 22.2 Å². The summed E-state index contributed by atoms with van der Waals surface area (Å²) in [6, 6.07) is 14.0. The van der Waals surface area contributed by atoms with Crippen molar-refractivity contribution in [2.24, 2.45) is 28.6 Å². The van der Waals surface area contributed by atoms with Crippen LogP contribution in [0.2, 0.25) is 0 Å². The Kier molecular flexibility index (Phi) is 3.24. The number of fused-ring (bicyclic) bond motifs is 2. The molecule has 4 unspecified atom stereocenters. The number of carboxylic acid groups (broad SMARTS) is 2. The zero-order valence-corrected chi connectivity index (χ0v) is 24.3. The molecule has 8 aromatic rings. The number of allylic oxidation sites excluding steroid dienone is 2. The summed E-state index contributed by atoms with van der Waals surface area (Å²) in [5.74, 6) is -3.11. The van der Waals surface area contributed by atoms with Crippen LogP contribution in [0, 0.1) is 28.6 Å². The first kappa shape index (κ1) is 22.8. The molecule has 12 rings (SSSR count). The van der Waals surface area contributed by atoms with Crippen LogP contribution in [0.5, 0.6) is 0 Å². The average molecular weight is 571 g/mol. The summed E-state index contributed by atoms with van der Waals surface area (Å²) >= 11 is 0. The van der Waals surface area contributed by atoms with Crippen molar-refractivity contribution < 1.29 is 19.8 Å². The van der Waals surface area contributed by atoms with Gasteiger partial charge >= 0.3 is 11.9 Å². The first-order valence-corrected chi connectivity index (χ1v) is 15.8. The largest absolute Gasteiger partial charge is 0.480 e. The number of hydrogen-bond donors (Lipinski definition) is 2. The van der Waals surface area contributed by atoms with E-state index in [0.717, 1.165) is 24.5 Å². The Bertz CT molecular complexity index is 2800. The normalized spacial score (nSPS) is 27.6. The number of aliphatic carboxylic acids is 2. The first-order valence-electron chi connectivity index (χ1n) is 15.8.